The van der Waals surface area contributed by atoms with Gasteiger partial charge in [0.15, 0.2) is 0 Å². The van der Waals surface area contributed by atoms with E-state index < -0.39 is 0 Å². The van der Waals surface area contributed by atoms with E-state index >= 15 is 0 Å². The van der Waals surface area contributed by atoms with E-state index in [0.29, 0.717) is 29.0 Å². The maximum absolute atomic E-state index is 12.0. The van der Waals surface area contributed by atoms with Gasteiger partial charge in [0.2, 0.25) is 0 Å². The number of rotatable bonds is 8. The molecule has 1 aromatic heterocycles. The minimum absolute atomic E-state index is 0.139. The Morgan fingerprint density at radius 3 is 2.76 bits per heavy atom. The molecule has 0 aromatic carbocycles. The van der Waals surface area contributed by atoms with E-state index in [2.05, 4.69) is 41.4 Å². The number of hydrogen-bond donors (Lipinski definition) is 2. The quantitative estimate of drug-likeness (QED) is 0.725. The first-order chi connectivity index (χ1) is 9.95. The van der Waals surface area contributed by atoms with Crippen molar-refractivity contribution in [2.45, 2.75) is 33.2 Å². The fraction of sp³-hybridized carbons (Fsp3) is 0.600. The fourth-order valence-corrected chi connectivity index (χ4v) is 1.98. The van der Waals surface area contributed by atoms with E-state index in [1.165, 1.54) is 0 Å². The zero-order valence-electron chi connectivity index (χ0n) is 13.2. The number of nitrogens with zero attached hydrogens (tertiary/aromatic N) is 2. The molecule has 0 aliphatic heterocycles. The molecule has 0 unspecified atom stereocenters. The summed E-state index contributed by atoms with van der Waals surface area (Å²) in [6, 6.07) is 2.16. The van der Waals surface area contributed by atoms with Crippen LogP contribution in [0.4, 0.5) is 5.82 Å². The number of carbonyl (C=O) groups excluding carboxylic acids is 1. The van der Waals surface area contributed by atoms with Crippen molar-refractivity contribution in [3.8, 4) is 0 Å². The topological polar surface area (TPSA) is 57.3 Å². The number of carbonyl (C=O) groups is 1. The van der Waals surface area contributed by atoms with Gasteiger partial charge < -0.3 is 15.5 Å². The number of pyridine rings is 1. The summed E-state index contributed by atoms with van der Waals surface area (Å²) >= 11 is 6.08. The average molecular weight is 313 g/mol. The van der Waals surface area contributed by atoms with E-state index in [0.717, 1.165) is 19.5 Å². The van der Waals surface area contributed by atoms with Gasteiger partial charge in [0.05, 0.1) is 10.6 Å². The molecule has 0 saturated carbocycles. The smallest absolute Gasteiger partial charge is 0.252 e. The molecule has 1 aromatic rings. The van der Waals surface area contributed by atoms with Gasteiger partial charge in [-0.1, -0.05) is 11.6 Å². The van der Waals surface area contributed by atoms with E-state index in [9.17, 15) is 4.79 Å². The second kappa shape index (κ2) is 8.85. The number of anilines is 1. The van der Waals surface area contributed by atoms with Crippen molar-refractivity contribution >= 4 is 23.3 Å². The molecule has 0 radical (unpaired) electrons. The molecule has 118 valence electrons. The van der Waals surface area contributed by atoms with Gasteiger partial charge in [-0.3, -0.25) is 4.79 Å². The number of amides is 1. The largest absolute Gasteiger partial charge is 0.369 e. The van der Waals surface area contributed by atoms with Crippen molar-refractivity contribution in [1.82, 2.24) is 15.2 Å². The Morgan fingerprint density at radius 1 is 1.48 bits per heavy atom. The van der Waals surface area contributed by atoms with Crippen molar-refractivity contribution < 1.29 is 4.79 Å². The molecule has 2 N–H and O–H groups in total. The van der Waals surface area contributed by atoms with Crippen molar-refractivity contribution in [3.05, 3.63) is 22.8 Å². The molecular formula is C15H25ClN4O. The van der Waals surface area contributed by atoms with Gasteiger partial charge in [-0.15, -0.1) is 0 Å². The third-order valence-electron chi connectivity index (χ3n) is 3.30. The maximum Gasteiger partial charge on any atom is 0.252 e. The van der Waals surface area contributed by atoms with Crippen molar-refractivity contribution in [2.75, 3.05) is 32.0 Å². The first-order valence-electron chi connectivity index (χ1n) is 7.33. The Hall–Kier alpha value is -1.33. The summed E-state index contributed by atoms with van der Waals surface area (Å²) in [6.07, 6.45) is 2.45. The van der Waals surface area contributed by atoms with Gasteiger partial charge in [-0.2, -0.15) is 0 Å². The first-order valence-corrected chi connectivity index (χ1v) is 7.71. The van der Waals surface area contributed by atoms with Crippen LogP contribution >= 0.6 is 11.6 Å². The second-order valence-corrected chi connectivity index (χ2v) is 5.68. The molecule has 1 heterocycles. The van der Waals surface area contributed by atoms with Crippen LogP contribution in [0.25, 0.3) is 0 Å². The Balaban J connectivity index is 2.44. The predicted octanol–water partition coefficient (Wildman–Crippen LogP) is 2.63. The number of hydrogen-bond acceptors (Lipinski definition) is 4. The molecule has 5 nitrogen and oxygen atoms in total. The van der Waals surface area contributed by atoms with Gasteiger partial charge in [-0.05, 0) is 46.9 Å². The summed E-state index contributed by atoms with van der Waals surface area (Å²) in [4.78, 5) is 18.4. The zero-order chi connectivity index (χ0) is 15.8. The summed E-state index contributed by atoms with van der Waals surface area (Å²) in [6.45, 7) is 8.60. The molecule has 1 rings (SSSR count). The highest BCUT2D eigenvalue weighted by molar-refractivity contribution is 6.33. The van der Waals surface area contributed by atoms with Crippen LogP contribution in [0, 0.1) is 0 Å². The van der Waals surface area contributed by atoms with Crippen LogP contribution in [-0.4, -0.2) is 48.5 Å². The monoisotopic (exact) mass is 312 g/mol. The van der Waals surface area contributed by atoms with Crippen molar-refractivity contribution in [3.63, 3.8) is 0 Å². The first kappa shape index (κ1) is 17.7. The van der Waals surface area contributed by atoms with Crippen LogP contribution in [0.3, 0.4) is 0 Å². The van der Waals surface area contributed by atoms with E-state index in [4.69, 9.17) is 11.6 Å². The molecule has 21 heavy (non-hydrogen) atoms. The van der Waals surface area contributed by atoms with Gasteiger partial charge in [-0.25, -0.2) is 4.98 Å². The highest BCUT2D eigenvalue weighted by Crippen LogP contribution is 2.19. The lowest BCUT2D eigenvalue weighted by atomic mass is 10.2. The Kier molecular flexibility index (Phi) is 7.47. The van der Waals surface area contributed by atoms with Crippen molar-refractivity contribution in [1.29, 1.82) is 0 Å². The van der Waals surface area contributed by atoms with Crippen LogP contribution < -0.4 is 10.6 Å². The average Bonchev–Trinajstić information content (AvgIpc) is 2.45. The molecule has 1 amide bonds. The molecule has 0 spiro atoms. The highest BCUT2D eigenvalue weighted by Gasteiger charge is 2.09. The fourth-order valence-electron chi connectivity index (χ4n) is 1.75. The minimum Gasteiger partial charge on any atom is -0.369 e. The van der Waals surface area contributed by atoms with Crippen LogP contribution in [0.15, 0.2) is 12.3 Å². The lowest BCUT2D eigenvalue weighted by Crippen LogP contribution is -2.31. The third-order valence-corrected chi connectivity index (χ3v) is 3.59. The number of halogens is 1. The third kappa shape index (κ3) is 5.89. The summed E-state index contributed by atoms with van der Waals surface area (Å²) < 4.78 is 0. The molecule has 6 heteroatoms. The SMILES string of the molecule is CCNc1ncc(C(=O)NCCCN(C)C(C)C)cc1Cl. The summed E-state index contributed by atoms with van der Waals surface area (Å²) in [7, 11) is 2.08. The van der Waals surface area contributed by atoms with Crippen molar-refractivity contribution in [2.24, 2.45) is 0 Å². The molecular weight excluding hydrogens is 288 g/mol. The summed E-state index contributed by atoms with van der Waals surface area (Å²) in [5.74, 6) is 0.467. The molecule has 0 fully saturated rings. The van der Waals surface area contributed by atoms with E-state index in [1.54, 1.807) is 12.3 Å². The minimum atomic E-state index is -0.139. The van der Waals surface area contributed by atoms with Crippen LogP contribution in [0.1, 0.15) is 37.6 Å². The van der Waals surface area contributed by atoms with E-state index in [-0.39, 0.29) is 5.91 Å². The molecule has 0 atom stereocenters. The van der Waals surface area contributed by atoms with Crippen LogP contribution in [0.5, 0.6) is 0 Å². The standard InChI is InChI=1S/C15H25ClN4O/c1-5-17-14-13(16)9-12(10-19-14)15(21)18-7-6-8-20(4)11(2)3/h9-11H,5-8H2,1-4H3,(H,17,19)(H,18,21). The number of aromatic nitrogens is 1. The van der Waals surface area contributed by atoms with Gasteiger partial charge in [0.1, 0.15) is 5.82 Å². The Bertz CT molecular complexity index is 465. The highest BCUT2D eigenvalue weighted by atomic mass is 35.5. The molecule has 0 bridgehead atoms. The van der Waals surface area contributed by atoms with Gasteiger partial charge in [0, 0.05) is 25.3 Å². The van der Waals surface area contributed by atoms with Crippen LogP contribution in [0.2, 0.25) is 5.02 Å². The summed E-state index contributed by atoms with van der Waals surface area (Å²) in [5.41, 5.74) is 0.485. The number of nitrogens with one attached hydrogen (secondary N) is 2. The van der Waals surface area contributed by atoms with E-state index in [1.807, 2.05) is 6.92 Å². The zero-order valence-corrected chi connectivity index (χ0v) is 14.0. The molecule has 0 saturated heterocycles. The molecule has 0 aliphatic rings. The maximum atomic E-state index is 12.0. The lowest BCUT2D eigenvalue weighted by molar-refractivity contribution is 0.0951. The normalized spacial score (nSPS) is 11.0. The second-order valence-electron chi connectivity index (χ2n) is 5.27. The summed E-state index contributed by atoms with van der Waals surface area (Å²) in [5, 5.41) is 6.39. The Labute approximate surface area is 132 Å². The van der Waals surface area contributed by atoms with Gasteiger partial charge >= 0.3 is 0 Å². The van der Waals surface area contributed by atoms with Gasteiger partial charge in [0.25, 0.3) is 5.91 Å². The van der Waals surface area contributed by atoms with Crippen LogP contribution in [-0.2, 0) is 0 Å². The lowest BCUT2D eigenvalue weighted by Gasteiger charge is -2.20. The predicted molar refractivity (Wildman–Crippen MR) is 88.1 cm³/mol. The Morgan fingerprint density at radius 2 is 2.19 bits per heavy atom. The molecule has 0 aliphatic carbocycles.